The smallest absolute Gasteiger partial charge is 0.222 e. The molecule has 25 heavy (non-hydrogen) atoms. The number of halogens is 4. The zero-order valence-electron chi connectivity index (χ0n) is 12.8. The second-order valence-corrected chi connectivity index (χ2v) is 6.58. The van der Waals surface area contributed by atoms with E-state index in [1.54, 1.807) is 24.3 Å². The number of benzene rings is 2. The Bertz CT molecular complexity index is 852. The van der Waals surface area contributed by atoms with Crippen LogP contribution >= 0.6 is 23.4 Å². The van der Waals surface area contributed by atoms with Crippen molar-refractivity contribution < 1.29 is 13.2 Å². The summed E-state index contributed by atoms with van der Waals surface area (Å²) in [5, 5.41) is 0.594. The van der Waals surface area contributed by atoms with Crippen LogP contribution in [0, 0.1) is 0 Å². The normalized spacial score (nSPS) is 11.5. The van der Waals surface area contributed by atoms with E-state index >= 15 is 0 Å². The summed E-state index contributed by atoms with van der Waals surface area (Å²) < 4.78 is 39.5. The minimum absolute atomic E-state index is 0.0867. The lowest BCUT2D eigenvalue weighted by molar-refractivity contribution is -0.141. The molecule has 0 atom stereocenters. The predicted molar refractivity (Wildman–Crippen MR) is 93.5 cm³/mol. The molecule has 0 aliphatic rings. The van der Waals surface area contributed by atoms with E-state index in [0.29, 0.717) is 16.3 Å². The van der Waals surface area contributed by atoms with Crippen LogP contribution in [-0.2, 0) is 11.9 Å². The Morgan fingerprint density at radius 3 is 2.24 bits per heavy atom. The molecule has 0 unspecified atom stereocenters. The lowest BCUT2D eigenvalue weighted by atomic mass is 10.1. The maximum absolute atomic E-state index is 13.2. The largest absolute Gasteiger partial charge is 0.433 e. The van der Waals surface area contributed by atoms with Crippen LogP contribution < -0.4 is 0 Å². The van der Waals surface area contributed by atoms with E-state index in [1.807, 2.05) is 30.3 Å². The van der Waals surface area contributed by atoms with Crippen LogP contribution in [0.15, 0.2) is 65.8 Å². The topological polar surface area (TPSA) is 25.8 Å². The van der Waals surface area contributed by atoms with Gasteiger partial charge >= 0.3 is 6.18 Å². The van der Waals surface area contributed by atoms with Crippen LogP contribution in [0.1, 0.15) is 11.3 Å². The van der Waals surface area contributed by atoms with Gasteiger partial charge in [0.1, 0.15) is 5.69 Å². The fourth-order valence-electron chi connectivity index (χ4n) is 2.13. The zero-order chi connectivity index (χ0) is 17.9. The summed E-state index contributed by atoms with van der Waals surface area (Å²) in [6.07, 6.45) is -4.54. The summed E-state index contributed by atoms with van der Waals surface area (Å²) in [4.78, 5) is 7.93. The molecular weight excluding hydrogens is 369 g/mol. The fraction of sp³-hybridized carbons (Fsp3) is 0.111. The van der Waals surface area contributed by atoms with E-state index in [4.69, 9.17) is 11.6 Å². The molecular formula is C18H12ClF3N2S. The van der Waals surface area contributed by atoms with Crippen molar-refractivity contribution in [2.24, 2.45) is 0 Å². The van der Waals surface area contributed by atoms with Gasteiger partial charge in [-0.3, -0.25) is 0 Å². The molecule has 0 spiro atoms. The van der Waals surface area contributed by atoms with Gasteiger partial charge in [0, 0.05) is 16.3 Å². The summed E-state index contributed by atoms with van der Waals surface area (Å²) in [5.41, 5.74) is 0.804. The summed E-state index contributed by atoms with van der Waals surface area (Å²) in [6.45, 7) is 0. The number of thioether (sulfide) groups is 1. The first-order chi connectivity index (χ1) is 11.9. The first-order valence-corrected chi connectivity index (χ1v) is 8.67. The van der Waals surface area contributed by atoms with E-state index in [0.717, 1.165) is 11.6 Å². The minimum Gasteiger partial charge on any atom is -0.222 e. The highest BCUT2D eigenvalue weighted by atomic mass is 35.5. The van der Waals surface area contributed by atoms with Gasteiger partial charge in [-0.25, -0.2) is 9.97 Å². The molecule has 128 valence electrons. The third kappa shape index (κ3) is 4.74. The monoisotopic (exact) mass is 380 g/mol. The van der Waals surface area contributed by atoms with Gasteiger partial charge in [-0.1, -0.05) is 65.8 Å². The molecule has 7 heteroatoms. The van der Waals surface area contributed by atoms with Crippen molar-refractivity contribution in [3.63, 3.8) is 0 Å². The third-order valence-electron chi connectivity index (χ3n) is 3.35. The highest BCUT2D eigenvalue weighted by Gasteiger charge is 2.33. The quantitative estimate of drug-likeness (QED) is 0.403. The number of hydrogen-bond donors (Lipinski definition) is 0. The molecule has 0 N–H and O–H groups in total. The van der Waals surface area contributed by atoms with Crippen LogP contribution in [0.25, 0.3) is 11.3 Å². The molecule has 0 fully saturated rings. The minimum atomic E-state index is -4.54. The molecule has 1 heterocycles. The van der Waals surface area contributed by atoms with Crippen molar-refractivity contribution in [1.82, 2.24) is 9.97 Å². The van der Waals surface area contributed by atoms with E-state index in [-0.39, 0.29) is 10.9 Å². The van der Waals surface area contributed by atoms with Gasteiger partial charge in [-0.05, 0) is 23.8 Å². The molecule has 2 aromatic carbocycles. The van der Waals surface area contributed by atoms with Crippen molar-refractivity contribution >= 4 is 23.4 Å². The highest BCUT2D eigenvalue weighted by Crippen LogP contribution is 2.32. The molecule has 0 saturated heterocycles. The molecule has 0 radical (unpaired) electrons. The van der Waals surface area contributed by atoms with Gasteiger partial charge in [0.25, 0.3) is 0 Å². The second kappa shape index (κ2) is 7.45. The van der Waals surface area contributed by atoms with Crippen molar-refractivity contribution in [1.29, 1.82) is 0 Å². The molecule has 3 rings (SSSR count). The Morgan fingerprint density at radius 1 is 0.920 bits per heavy atom. The van der Waals surface area contributed by atoms with Crippen molar-refractivity contribution in [3.8, 4) is 11.3 Å². The van der Waals surface area contributed by atoms with Gasteiger partial charge in [0.05, 0.1) is 5.69 Å². The van der Waals surface area contributed by atoms with Crippen LogP contribution in [-0.4, -0.2) is 9.97 Å². The van der Waals surface area contributed by atoms with Gasteiger partial charge in [-0.2, -0.15) is 13.2 Å². The summed E-state index contributed by atoms with van der Waals surface area (Å²) in [7, 11) is 0. The molecule has 0 amide bonds. The molecule has 2 nitrogen and oxygen atoms in total. The maximum Gasteiger partial charge on any atom is 0.433 e. The Labute approximate surface area is 152 Å². The predicted octanol–water partition coefficient (Wildman–Crippen LogP) is 6.11. The Hall–Kier alpha value is -2.05. The Balaban J connectivity index is 1.94. The van der Waals surface area contributed by atoms with Crippen LogP contribution in [0.5, 0.6) is 0 Å². The first-order valence-electron chi connectivity index (χ1n) is 7.31. The molecule has 1 aromatic heterocycles. The summed E-state index contributed by atoms with van der Waals surface area (Å²) in [6, 6.07) is 16.9. The van der Waals surface area contributed by atoms with E-state index in [1.165, 1.54) is 11.8 Å². The highest BCUT2D eigenvalue weighted by molar-refractivity contribution is 7.98. The van der Waals surface area contributed by atoms with E-state index < -0.39 is 11.9 Å². The lowest BCUT2D eigenvalue weighted by Gasteiger charge is -2.10. The van der Waals surface area contributed by atoms with Gasteiger partial charge < -0.3 is 0 Å². The molecule has 0 aliphatic heterocycles. The van der Waals surface area contributed by atoms with Crippen LogP contribution in [0.2, 0.25) is 5.02 Å². The van der Waals surface area contributed by atoms with Gasteiger partial charge in [0.15, 0.2) is 5.16 Å². The zero-order valence-corrected chi connectivity index (χ0v) is 14.4. The molecule has 3 aromatic rings. The van der Waals surface area contributed by atoms with E-state index in [9.17, 15) is 13.2 Å². The number of alkyl halides is 3. The number of nitrogens with zero attached hydrogens (tertiary/aromatic N) is 2. The standard InChI is InChI=1S/C18H12ClF3N2S/c19-14-8-6-13(7-9-14)15-10-16(18(20,21)22)24-17(23-15)25-11-12-4-2-1-3-5-12/h1-10H,11H2. The fourth-order valence-corrected chi connectivity index (χ4v) is 3.07. The second-order valence-electron chi connectivity index (χ2n) is 5.20. The number of aromatic nitrogens is 2. The van der Waals surface area contributed by atoms with Crippen molar-refractivity contribution in [3.05, 3.63) is 76.9 Å². The van der Waals surface area contributed by atoms with Crippen molar-refractivity contribution in [2.75, 3.05) is 0 Å². The first kappa shape index (κ1) is 17.8. The van der Waals surface area contributed by atoms with Crippen LogP contribution in [0.3, 0.4) is 0 Å². The third-order valence-corrected chi connectivity index (χ3v) is 4.52. The Kier molecular flexibility index (Phi) is 5.30. The average molecular weight is 381 g/mol. The SMILES string of the molecule is FC(F)(F)c1cc(-c2ccc(Cl)cc2)nc(SCc2ccccc2)n1. The summed E-state index contributed by atoms with van der Waals surface area (Å²) >= 11 is 7.00. The Morgan fingerprint density at radius 2 is 1.60 bits per heavy atom. The maximum atomic E-state index is 13.2. The van der Waals surface area contributed by atoms with E-state index in [2.05, 4.69) is 9.97 Å². The van der Waals surface area contributed by atoms with Crippen LogP contribution in [0.4, 0.5) is 13.2 Å². The van der Waals surface area contributed by atoms with Gasteiger partial charge in [-0.15, -0.1) is 0 Å². The van der Waals surface area contributed by atoms with Crippen molar-refractivity contribution in [2.45, 2.75) is 17.1 Å². The van der Waals surface area contributed by atoms with Gasteiger partial charge in [0.2, 0.25) is 0 Å². The molecule has 0 aliphatic carbocycles. The number of rotatable bonds is 4. The molecule has 0 bridgehead atoms. The summed E-state index contributed by atoms with van der Waals surface area (Å²) in [5.74, 6) is 0.488. The average Bonchev–Trinajstić information content (AvgIpc) is 2.60. The number of hydrogen-bond acceptors (Lipinski definition) is 3. The lowest BCUT2D eigenvalue weighted by Crippen LogP contribution is -2.10. The molecule has 0 saturated carbocycles.